The van der Waals surface area contributed by atoms with Crippen molar-refractivity contribution in [3.63, 3.8) is 0 Å². The van der Waals surface area contributed by atoms with Crippen LogP contribution in [-0.4, -0.2) is 5.71 Å². The smallest absolute Gasteiger partial charge is 0.0417 e. The molecule has 2 N–H and O–H groups in total. The molecule has 0 saturated carbocycles. The van der Waals surface area contributed by atoms with E-state index in [1.807, 2.05) is 0 Å². The fourth-order valence-electron chi connectivity index (χ4n) is 0.675. The number of aliphatic imine (C=N–C) groups is 1. The van der Waals surface area contributed by atoms with Gasteiger partial charge in [-0.1, -0.05) is 19.9 Å². The van der Waals surface area contributed by atoms with Crippen LogP contribution in [0.5, 0.6) is 0 Å². The summed E-state index contributed by atoms with van der Waals surface area (Å²) >= 11 is 0. The molecule has 0 atom stereocenters. The van der Waals surface area contributed by atoms with Gasteiger partial charge in [-0.05, 0) is 18.7 Å². The Hall–Kier alpha value is -1.05. The molecular weight excluding hydrogens is 124 g/mol. The van der Waals surface area contributed by atoms with Crippen molar-refractivity contribution in [2.45, 2.75) is 19.8 Å². The lowest BCUT2D eigenvalue weighted by Gasteiger charge is -1.93. The van der Waals surface area contributed by atoms with E-state index in [2.05, 4.69) is 18.5 Å². The molecule has 0 aromatic heterocycles. The highest BCUT2D eigenvalue weighted by Gasteiger charge is 1.88. The zero-order valence-corrected chi connectivity index (χ0v) is 6.38. The van der Waals surface area contributed by atoms with Crippen molar-refractivity contribution in [3.05, 3.63) is 25.1 Å². The van der Waals surface area contributed by atoms with Crippen LogP contribution in [0.1, 0.15) is 19.8 Å². The molecule has 2 heteroatoms. The van der Waals surface area contributed by atoms with Gasteiger partial charge in [0, 0.05) is 11.9 Å². The minimum atomic E-state index is 0.958. The summed E-state index contributed by atoms with van der Waals surface area (Å²) in [6.45, 7) is 5.60. The number of rotatable bonds is 4. The third-order valence-electron chi connectivity index (χ3n) is 1.05. The van der Waals surface area contributed by atoms with Crippen LogP contribution >= 0.6 is 0 Å². The standard InChI is InChI=1S/C8H14N2/c1-3-5-8(6-7-9)10-4-2/h4,6-7H,2-3,5,9H2,1H3/b7-6-,10-8?. The van der Waals surface area contributed by atoms with Crippen LogP contribution in [0.25, 0.3) is 0 Å². The second-order valence-electron chi connectivity index (χ2n) is 1.91. The Kier molecular flexibility index (Phi) is 5.44. The van der Waals surface area contributed by atoms with E-state index >= 15 is 0 Å². The second-order valence-corrected chi connectivity index (χ2v) is 1.91. The molecule has 0 fully saturated rings. The summed E-state index contributed by atoms with van der Waals surface area (Å²) in [6, 6.07) is 0. The summed E-state index contributed by atoms with van der Waals surface area (Å²) < 4.78 is 0. The van der Waals surface area contributed by atoms with Crippen LogP contribution in [-0.2, 0) is 0 Å². The maximum absolute atomic E-state index is 5.19. The van der Waals surface area contributed by atoms with Gasteiger partial charge in [-0.2, -0.15) is 0 Å². The summed E-state index contributed by atoms with van der Waals surface area (Å²) in [7, 11) is 0. The minimum Gasteiger partial charge on any atom is -0.405 e. The van der Waals surface area contributed by atoms with E-state index in [0.29, 0.717) is 0 Å². The van der Waals surface area contributed by atoms with Gasteiger partial charge in [0.15, 0.2) is 0 Å². The Balaban J connectivity index is 3.96. The molecule has 0 unspecified atom stereocenters. The number of hydrogen-bond donors (Lipinski definition) is 1. The summed E-state index contributed by atoms with van der Waals surface area (Å²) in [5.74, 6) is 0. The topological polar surface area (TPSA) is 38.4 Å². The molecular formula is C8H14N2. The largest absolute Gasteiger partial charge is 0.405 e. The van der Waals surface area contributed by atoms with Crippen molar-refractivity contribution in [2.75, 3.05) is 0 Å². The molecule has 10 heavy (non-hydrogen) atoms. The van der Waals surface area contributed by atoms with Gasteiger partial charge in [-0.15, -0.1) is 0 Å². The fourth-order valence-corrected chi connectivity index (χ4v) is 0.675. The van der Waals surface area contributed by atoms with Gasteiger partial charge in [0.25, 0.3) is 0 Å². The first kappa shape index (κ1) is 8.95. The van der Waals surface area contributed by atoms with Crippen molar-refractivity contribution < 1.29 is 0 Å². The zero-order chi connectivity index (χ0) is 7.82. The molecule has 0 aromatic carbocycles. The van der Waals surface area contributed by atoms with Crippen LogP contribution < -0.4 is 5.73 Å². The molecule has 2 nitrogen and oxygen atoms in total. The molecule has 0 saturated heterocycles. The average Bonchev–Trinajstić information content (AvgIpc) is 1.90. The number of nitrogens with zero attached hydrogens (tertiary/aromatic N) is 1. The van der Waals surface area contributed by atoms with Crippen LogP contribution in [0.2, 0.25) is 0 Å². The highest BCUT2D eigenvalue weighted by atomic mass is 14.7. The normalized spacial score (nSPS) is 12.3. The molecule has 0 radical (unpaired) electrons. The van der Waals surface area contributed by atoms with Crippen LogP contribution in [0.4, 0.5) is 0 Å². The highest BCUT2D eigenvalue weighted by Crippen LogP contribution is 1.93. The van der Waals surface area contributed by atoms with Gasteiger partial charge < -0.3 is 5.73 Å². The van der Waals surface area contributed by atoms with Crippen molar-refractivity contribution >= 4 is 5.71 Å². The van der Waals surface area contributed by atoms with Crippen molar-refractivity contribution in [2.24, 2.45) is 10.7 Å². The molecule has 0 amide bonds. The van der Waals surface area contributed by atoms with Gasteiger partial charge in [-0.25, -0.2) is 0 Å². The predicted octanol–water partition coefficient (Wildman–Crippen LogP) is 1.84. The zero-order valence-electron chi connectivity index (χ0n) is 6.38. The van der Waals surface area contributed by atoms with Gasteiger partial charge in [0.1, 0.15) is 0 Å². The third kappa shape index (κ3) is 3.89. The monoisotopic (exact) mass is 138 g/mol. The van der Waals surface area contributed by atoms with Gasteiger partial charge >= 0.3 is 0 Å². The molecule has 0 heterocycles. The Morgan fingerprint density at radius 2 is 2.40 bits per heavy atom. The molecule has 0 aliphatic rings. The lowest BCUT2D eigenvalue weighted by Crippen LogP contribution is -1.93. The summed E-state index contributed by atoms with van der Waals surface area (Å²) in [4.78, 5) is 4.02. The predicted molar refractivity (Wildman–Crippen MR) is 45.9 cm³/mol. The van der Waals surface area contributed by atoms with Crippen molar-refractivity contribution in [1.82, 2.24) is 0 Å². The van der Waals surface area contributed by atoms with E-state index in [4.69, 9.17) is 5.73 Å². The van der Waals surface area contributed by atoms with Gasteiger partial charge in [-0.3, -0.25) is 4.99 Å². The molecule has 0 aromatic rings. The molecule has 56 valence electrons. The third-order valence-corrected chi connectivity index (χ3v) is 1.05. The fraction of sp³-hybridized carbons (Fsp3) is 0.375. The first-order valence-corrected chi connectivity index (χ1v) is 3.41. The van der Waals surface area contributed by atoms with E-state index in [9.17, 15) is 0 Å². The lowest BCUT2D eigenvalue weighted by atomic mass is 10.2. The highest BCUT2D eigenvalue weighted by molar-refractivity contribution is 5.95. The maximum atomic E-state index is 5.19. The van der Waals surface area contributed by atoms with Crippen molar-refractivity contribution in [1.29, 1.82) is 0 Å². The SMILES string of the molecule is C=CN=C(/C=C\N)CCC. The average molecular weight is 138 g/mol. The first-order valence-electron chi connectivity index (χ1n) is 3.41. The van der Waals surface area contributed by atoms with Gasteiger partial charge in [0.05, 0.1) is 0 Å². The van der Waals surface area contributed by atoms with E-state index < -0.39 is 0 Å². The van der Waals surface area contributed by atoms with E-state index in [-0.39, 0.29) is 0 Å². The Morgan fingerprint density at radius 3 is 2.80 bits per heavy atom. The molecule has 0 aliphatic heterocycles. The minimum absolute atomic E-state index is 0.958. The number of nitrogens with two attached hydrogens (primary N) is 1. The quantitative estimate of drug-likeness (QED) is 0.591. The van der Waals surface area contributed by atoms with E-state index in [1.54, 1.807) is 6.08 Å². The van der Waals surface area contributed by atoms with Crippen LogP contribution in [0, 0.1) is 0 Å². The Bertz CT molecular complexity index is 145. The maximum Gasteiger partial charge on any atom is 0.0417 e. The summed E-state index contributed by atoms with van der Waals surface area (Å²) in [5, 5.41) is 0. The first-order chi connectivity index (χ1) is 4.85. The summed E-state index contributed by atoms with van der Waals surface area (Å²) in [5.41, 5.74) is 6.18. The van der Waals surface area contributed by atoms with E-state index in [1.165, 1.54) is 12.4 Å². The molecule has 0 bridgehead atoms. The van der Waals surface area contributed by atoms with E-state index in [0.717, 1.165) is 18.6 Å². The number of hydrogen-bond acceptors (Lipinski definition) is 2. The van der Waals surface area contributed by atoms with Crippen LogP contribution in [0.3, 0.4) is 0 Å². The Labute approximate surface area is 62.1 Å². The van der Waals surface area contributed by atoms with Crippen molar-refractivity contribution in [3.8, 4) is 0 Å². The molecule has 0 aliphatic carbocycles. The number of allylic oxidation sites excluding steroid dienone is 1. The van der Waals surface area contributed by atoms with Gasteiger partial charge in [0.2, 0.25) is 0 Å². The molecule has 0 spiro atoms. The summed E-state index contributed by atoms with van der Waals surface area (Å²) in [6.07, 6.45) is 6.87. The van der Waals surface area contributed by atoms with Crippen LogP contribution in [0.15, 0.2) is 30.0 Å². The lowest BCUT2D eigenvalue weighted by molar-refractivity contribution is 0.995. The molecule has 0 rings (SSSR count). The Morgan fingerprint density at radius 1 is 1.70 bits per heavy atom. The second kappa shape index (κ2) is 6.08.